The second kappa shape index (κ2) is 19.2. The molecule has 17 heteroatoms. The van der Waals surface area contributed by atoms with Gasteiger partial charge in [-0.05, 0) is 113 Å². The van der Waals surface area contributed by atoms with Crippen molar-refractivity contribution in [3.05, 3.63) is 58.1 Å². The summed E-state index contributed by atoms with van der Waals surface area (Å²) < 4.78 is 53.0. The predicted octanol–water partition coefficient (Wildman–Crippen LogP) is 5.95. The third-order valence-corrected chi connectivity index (χ3v) is 12.3. The fraction of sp³-hybridized carbons (Fsp3) is 0.610. The van der Waals surface area contributed by atoms with Crippen LogP contribution in [0.4, 0.5) is 34.1 Å². The second-order valence-electron chi connectivity index (χ2n) is 16.2. The highest BCUT2D eigenvalue weighted by atomic mass is 35.5. The fourth-order valence-electron chi connectivity index (χ4n) is 8.67. The molecular formula is C41H55ClF3N7O6. The summed E-state index contributed by atoms with van der Waals surface area (Å²) in [6.45, 7) is 4.92. The van der Waals surface area contributed by atoms with Crippen molar-refractivity contribution in [2.24, 2.45) is 11.8 Å². The van der Waals surface area contributed by atoms with E-state index in [0.29, 0.717) is 50.9 Å². The van der Waals surface area contributed by atoms with Crippen molar-refractivity contribution in [2.75, 3.05) is 84.1 Å². The molecule has 13 nitrogen and oxygen atoms in total. The summed E-state index contributed by atoms with van der Waals surface area (Å²) >= 11 is 6.14. The molecule has 3 fully saturated rings. The Kier molecular flexibility index (Phi) is 14.3. The lowest BCUT2D eigenvalue weighted by Gasteiger charge is -2.41. The molecule has 0 spiro atoms. The number of benzene rings is 2. The molecule has 0 saturated carbocycles. The zero-order valence-electron chi connectivity index (χ0n) is 33.3. The number of ether oxygens (including phenoxy) is 2. The van der Waals surface area contributed by atoms with Gasteiger partial charge in [-0.3, -0.25) is 14.5 Å². The molecule has 0 aromatic heterocycles. The topological polar surface area (TPSA) is 141 Å². The molecule has 1 unspecified atom stereocenters. The number of urea groups is 1. The number of nitrogens with zero attached hydrogens (tertiary/aromatic N) is 5. The maximum absolute atomic E-state index is 14.2. The van der Waals surface area contributed by atoms with E-state index in [0.717, 1.165) is 69.1 Å². The van der Waals surface area contributed by atoms with Crippen LogP contribution in [0.25, 0.3) is 0 Å². The summed E-state index contributed by atoms with van der Waals surface area (Å²) in [5.41, 5.74) is 5.78. The van der Waals surface area contributed by atoms with Crippen LogP contribution in [0, 0.1) is 11.8 Å². The maximum Gasteiger partial charge on any atom is 0.418 e. The molecule has 58 heavy (non-hydrogen) atoms. The number of hydrogen-bond donors (Lipinski definition) is 2. The first-order valence-corrected chi connectivity index (χ1v) is 20.6. The standard InChI is InChI=1S/C41H55ClF3N7O6/c1-48(2)14-5-21-57-36(53)26-49-15-8-28(9-16-49)29-10-17-50(18-11-29)38(54)35(24-27-22-32(41(43,44)45)37(46)33(42)23-27)58-40(56)51-19-12-31(13-20-51)52-25-30-6-3-4-7-34(30)47-39(52)55/h3-4,6-7,22-23,28-29,31,35H,5,8-21,24-26,46H2,1-2H3,(H,47,55). The Morgan fingerprint density at radius 2 is 1.59 bits per heavy atom. The first kappa shape index (κ1) is 43.3. The molecule has 2 aromatic carbocycles. The van der Waals surface area contributed by atoms with Gasteiger partial charge in [0.15, 0.2) is 6.10 Å². The number of likely N-dealkylation sites (tertiary alicyclic amines) is 3. The van der Waals surface area contributed by atoms with Crippen molar-refractivity contribution in [1.82, 2.24) is 24.5 Å². The highest BCUT2D eigenvalue weighted by Crippen LogP contribution is 2.39. The molecule has 4 heterocycles. The number of carbonyl (C=O) groups excluding carboxylic acids is 4. The van der Waals surface area contributed by atoms with Crippen molar-refractivity contribution in [2.45, 2.75) is 76.2 Å². The molecule has 318 valence electrons. The van der Waals surface area contributed by atoms with Crippen LogP contribution in [0.3, 0.4) is 0 Å². The minimum absolute atomic E-state index is 0.0619. The van der Waals surface area contributed by atoms with Crippen molar-refractivity contribution in [1.29, 1.82) is 0 Å². The number of nitrogen functional groups attached to an aromatic ring is 1. The first-order valence-electron chi connectivity index (χ1n) is 20.2. The van der Waals surface area contributed by atoms with Crippen molar-refractivity contribution >= 4 is 47.0 Å². The highest BCUT2D eigenvalue weighted by molar-refractivity contribution is 6.33. The van der Waals surface area contributed by atoms with Gasteiger partial charge in [0.1, 0.15) is 0 Å². The number of anilines is 2. The average molecular weight is 834 g/mol. The smallest absolute Gasteiger partial charge is 0.418 e. The Morgan fingerprint density at radius 1 is 0.948 bits per heavy atom. The van der Waals surface area contributed by atoms with Crippen LogP contribution in [0.2, 0.25) is 5.02 Å². The van der Waals surface area contributed by atoms with Gasteiger partial charge in [-0.15, -0.1) is 0 Å². The third-order valence-electron chi connectivity index (χ3n) is 12.0. The zero-order chi connectivity index (χ0) is 41.6. The van der Waals surface area contributed by atoms with Gasteiger partial charge >= 0.3 is 24.3 Å². The summed E-state index contributed by atoms with van der Waals surface area (Å²) in [6.07, 6.45) is -2.18. The maximum atomic E-state index is 14.2. The minimum Gasteiger partial charge on any atom is -0.465 e. The van der Waals surface area contributed by atoms with Crippen LogP contribution in [-0.4, -0.2) is 134 Å². The Hall–Kier alpha value is -4.28. The SMILES string of the molecule is CN(C)CCCOC(=O)CN1CCC(C2CCN(C(=O)C(Cc3cc(Cl)c(N)c(C(F)(F)F)c3)OC(=O)N3CCC(N4Cc5ccccc5NC4=O)CC3)CC2)CC1. The van der Waals surface area contributed by atoms with Crippen LogP contribution >= 0.6 is 11.6 Å². The molecule has 4 aliphatic heterocycles. The largest absolute Gasteiger partial charge is 0.465 e. The Balaban J connectivity index is 1.05. The van der Waals surface area contributed by atoms with E-state index in [9.17, 15) is 32.3 Å². The molecule has 1 atom stereocenters. The quantitative estimate of drug-likeness (QED) is 0.151. The van der Waals surface area contributed by atoms with Gasteiger partial charge in [-0.1, -0.05) is 29.8 Å². The number of nitrogens with one attached hydrogen (secondary N) is 1. The second-order valence-corrected chi connectivity index (χ2v) is 16.6. The van der Waals surface area contributed by atoms with E-state index < -0.39 is 35.5 Å². The van der Waals surface area contributed by atoms with E-state index in [4.69, 9.17) is 26.8 Å². The van der Waals surface area contributed by atoms with Crippen molar-refractivity contribution in [3.63, 3.8) is 0 Å². The third kappa shape index (κ3) is 11.1. The summed E-state index contributed by atoms with van der Waals surface area (Å²) in [5, 5.41) is 2.62. The Bertz CT molecular complexity index is 1780. The highest BCUT2D eigenvalue weighted by Gasteiger charge is 2.39. The van der Waals surface area contributed by atoms with Gasteiger partial charge in [0.25, 0.3) is 5.91 Å². The molecule has 0 bridgehead atoms. The van der Waals surface area contributed by atoms with Crippen molar-refractivity contribution < 1.29 is 41.8 Å². The molecule has 0 aliphatic carbocycles. The summed E-state index contributed by atoms with van der Waals surface area (Å²) in [5.74, 6) is 0.111. The van der Waals surface area contributed by atoms with Crippen molar-refractivity contribution in [3.8, 4) is 0 Å². The summed E-state index contributed by atoms with van der Waals surface area (Å²) in [4.78, 5) is 62.1. The molecule has 3 N–H and O–H groups in total. The average Bonchev–Trinajstić information content (AvgIpc) is 3.20. The van der Waals surface area contributed by atoms with Gasteiger partial charge < -0.3 is 40.1 Å². The van der Waals surface area contributed by atoms with E-state index in [1.807, 2.05) is 43.3 Å². The number of hydrogen-bond acceptors (Lipinski definition) is 9. The lowest BCUT2D eigenvalue weighted by Crippen LogP contribution is -2.52. The zero-order valence-corrected chi connectivity index (χ0v) is 34.0. The van der Waals surface area contributed by atoms with Crippen LogP contribution in [-0.2, 0) is 38.2 Å². The number of halogens is 4. The molecular weight excluding hydrogens is 779 g/mol. The van der Waals surface area contributed by atoms with Gasteiger partial charge in [0.2, 0.25) is 0 Å². The van der Waals surface area contributed by atoms with Crippen LogP contribution in [0.1, 0.15) is 61.6 Å². The monoisotopic (exact) mass is 833 g/mol. The predicted molar refractivity (Wildman–Crippen MR) is 213 cm³/mol. The van der Waals surface area contributed by atoms with Gasteiger partial charge in [0, 0.05) is 57.4 Å². The van der Waals surface area contributed by atoms with Gasteiger partial charge in [0.05, 0.1) is 29.4 Å². The lowest BCUT2D eigenvalue weighted by molar-refractivity contribution is -0.145. The molecule has 6 rings (SSSR count). The normalized spacial score (nSPS) is 19.5. The molecule has 4 aliphatic rings. The van der Waals surface area contributed by atoms with Gasteiger partial charge in [-0.2, -0.15) is 13.2 Å². The van der Waals surface area contributed by atoms with Crippen LogP contribution in [0.5, 0.6) is 0 Å². The molecule has 2 aromatic rings. The van der Waals surface area contributed by atoms with Gasteiger partial charge in [-0.25, -0.2) is 9.59 Å². The number of piperidine rings is 3. The van der Waals surface area contributed by atoms with Crippen LogP contribution < -0.4 is 11.1 Å². The van der Waals surface area contributed by atoms with E-state index in [2.05, 4.69) is 10.2 Å². The number of alkyl halides is 3. The lowest BCUT2D eigenvalue weighted by atomic mass is 9.78. The number of fused-ring (bicyclic) bond motifs is 1. The van der Waals surface area contributed by atoms with Crippen LogP contribution in [0.15, 0.2) is 36.4 Å². The summed E-state index contributed by atoms with van der Waals surface area (Å²) in [6, 6.07) is 9.39. The fourth-order valence-corrected chi connectivity index (χ4v) is 8.91. The number of carbonyl (C=O) groups is 4. The van der Waals surface area contributed by atoms with E-state index in [1.54, 1.807) is 9.80 Å². The minimum atomic E-state index is -4.79. The molecule has 4 amide bonds. The van der Waals surface area contributed by atoms with E-state index in [1.165, 1.54) is 11.0 Å². The molecule has 3 saturated heterocycles. The molecule has 0 radical (unpaired) electrons. The number of nitrogens with two attached hydrogens (primary N) is 1. The number of rotatable bonds is 12. The summed E-state index contributed by atoms with van der Waals surface area (Å²) in [7, 11) is 3.96. The van der Waals surface area contributed by atoms with E-state index >= 15 is 0 Å². The first-order chi connectivity index (χ1) is 27.7. The number of amides is 4. The number of para-hydroxylation sites is 1. The number of esters is 1. The van der Waals surface area contributed by atoms with E-state index in [-0.39, 0.29) is 54.7 Å². The Labute approximate surface area is 342 Å². The Morgan fingerprint density at radius 3 is 2.24 bits per heavy atom.